The summed E-state index contributed by atoms with van der Waals surface area (Å²) in [5.41, 5.74) is 1.08. The highest BCUT2D eigenvalue weighted by Gasteiger charge is 2.34. The molecule has 0 saturated carbocycles. The van der Waals surface area contributed by atoms with Crippen molar-refractivity contribution in [2.75, 3.05) is 33.7 Å². The van der Waals surface area contributed by atoms with Crippen LogP contribution in [0.3, 0.4) is 0 Å². The maximum absolute atomic E-state index is 12.2. The average Bonchev–Trinajstić information content (AvgIpc) is 2.64. The second-order valence-corrected chi connectivity index (χ2v) is 6.04. The summed E-state index contributed by atoms with van der Waals surface area (Å²) in [5, 5.41) is 0. The lowest BCUT2D eigenvalue weighted by Crippen LogP contribution is -3.00. The number of rotatable bonds is 6. The van der Waals surface area contributed by atoms with Gasteiger partial charge in [0.05, 0.1) is 38.3 Å². The predicted octanol–water partition coefficient (Wildman–Crippen LogP) is -0.837. The Morgan fingerprint density at radius 3 is 2.00 bits per heavy atom. The van der Waals surface area contributed by atoms with Crippen LogP contribution in [0, 0.1) is 0 Å². The quantitative estimate of drug-likeness (QED) is 0.493. The first-order valence-electron chi connectivity index (χ1n) is 7.23. The molecule has 4 nitrogen and oxygen atoms in total. The van der Waals surface area contributed by atoms with E-state index in [0.29, 0.717) is 17.7 Å². The molecule has 0 unspecified atom stereocenters. The topological polar surface area (TPSA) is 37.4 Å². The molecule has 1 aliphatic heterocycles. The van der Waals surface area contributed by atoms with Crippen molar-refractivity contribution in [3.8, 4) is 0 Å². The van der Waals surface area contributed by atoms with Crippen LogP contribution in [0.4, 0.5) is 0 Å². The summed E-state index contributed by atoms with van der Waals surface area (Å²) in [6.45, 7) is 4.77. The van der Waals surface area contributed by atoms with Crippen molar-refractivity contribution in [2.24, 2.45) is 0 Å². The minimum atomic E-state index is -0.147. The lowest BCUT2D eigenvalue weighted by Gasteiger charge is -2.30. The molecular formula is C16H23BrN2O2. The summed E-state index contributed by atoms with van der Waals surface area (Å²) < 4.78 is 0.930. The van der Waals surface area contributed by atoms with Gasteiger partial charge in [-0.25, -0.2) is 0 Å². The van der Waals surface area contributed by atoms with Crippen LogP contribution < -0.4 is 17.0 Å². The number of amides is 2. The zero-order valence-electron chi connectivity index (χ0n) is 12.9. The van der Waals surface area contributed by atoms with Crippen molar-refractivity contribution >= 4 is 11.8 Å². The van der Waals surface area contributed by atoms with Crippen molar-refractivity contribution in [2.45, 2.75) is 19.8 Å². The molecule has 0 aliphatic carbocycles. The molecule has 2 amide bonds. The normalized spacial score (nSPS) is 14.1. The van der Waals surface area contributed by atoms with Crippen LogP contribution in [0.5, 0.6) is 0 Å². The lowest BCUT2D eigenvalue weighted by molar-refractivity contribution is -0.890. The fraction of sp³-hybridized carbons (Fsp3) is 0.500. The number of hydrogen-bond acceptors (Lipinski definition) is 2. The molecule has 0 aromatic heterocycles. The van der Waals surface area contributed by atoms with Gasteiger partial charge in [-0.3, -0.25) is 14.5 Å². The number of carbonyl (C=O) groups is 2. The molecule has 21 heavy (non-hydrogen) atoms. The first kappa shape index (κ1) is 17.9. The van der Waals surface area contributed by atoms with E-state index in [-0.39, 0.29) is 28.8 Å². The Hall–Kier alpha value is -1.20. The van der Waals surface area contributed by atoms with E-state index in [1.807, 2.05) is 0 Å². The van der Waals surface area contributed by atoms with Gasteiger partial charge >= 0.3 is 0 Å². The van der Waals surface area contributed by atoms with Gasteiger partial charge in [0.2, 0.25) is 0 Å². The van der Waals surface area contributed by atoms with E-state index in [0.717, 1.165) is 30.4 Å². The average molecular weight is 355 g/mol. The molecule has 1 heterocycles. The van der Waals surface area contributed by atoms with E-state index >= 15 is 0 Å². The van der Waals surface area contributed by atoms with Crippen molar-refractivity contribution in [3.05, 3.63) is 35.4 Å². The molecule has 0 fully saturated rings. The summed E-state index contributed by atoms with van der Waals surface area (Å²) in [4.78, 5) is 25.8. The molecule has 5 heteroatoms. The van der Waals surface area contributed by atoms with Gasteiger partial charge in [-0.05, 0) is 18.6 Å². The largest absolute Gasteiger partial charge is 1.00 e. The third kappa shape index (κ3) is 3.92. The number of halogens is 1. The monoisotopic (exact) mass is 354 g/mol. The van der Waals surface area contributed by atoms with Crippen LogP contribution >= 0.6 is 0 Å². The molecule has 1 aliphatic rings. The minimum Gasteiger partial charge on any atom is -1.00 e. The van der Waals surface area contributed by atoms with E-state index in [9.17, 15) is 9.59 Å². The van der Waals surface area contributed by atoms with Gasteiger partial charge < -0.3 is 21.5 Å². The SMILES string of the molecule is CCC[N+](C)(C)CCCN1C(=O)c2ccccc2C1=O.[Br-]. The molecule has 0 bridgehead atoms. The maximum Gasteiger partial charge on any atom is 0.261 e. The van der Waals surface area contributed by atoms with E-state index in [2.05, 4.69) is 21.0 Å². The number of nitrogens with zero attached hydrogens (tertiary/aromatic N) is 2. The zero-order valence-corrected chi connectivity index (χ0v) is 14.5. The third-order valence-corrected chi connectivity index (χ3v) is 3.85. The van der Waals surface area contributed by atoms with Gasteiger partial charge in [0.25, 0.3) is 11.8 Å². The number of benzene rings is 1. The van der Waals surface area contributed by atoms with E-state index in [1.165, 1.54) is 4.90 Å². The highest BCUT2D eigenvalue weighted by Crippen LogP contribution is 2.22. The molecular weight excluding hydrogens is 332 g/mol. The number of carbonyl (C=O) groups excluding carboxylic acids is 2. The van der Waals surface area contributed by atoms with Gasteiger partial charge in [-0.1, -0.05) is 19.1 Å². The van der Waals surface area contributed by atoms with Crippen molar-refractivity contribution in [3.63, 3.8) is 0 Å². The summed E-state index contributed by atoms with van der Waals surface area (Å²) >= 11 is 0. The van der Waals surface area contributed by atoms with Gasteiger partial charge in [0, 0.05) is 13.0 Å². The second kappa shape index (κ2) is 7.18. The van der Waals surface area contributed by atoms with Gasteiger partial charge in [0.1, 0.15) is 0 Å². The van der Waals surface area contributed by atoms with Gasteiger partial charge in [0.15, 0.2) is 0 Å². The highest BCUT2D eigenvalue weighted by molar-refractivity contribution is 6.21. The maximum atomic E-state index is 12.2. The second-order valence-electron chi connectivity index (χ2n) is 6.04. The Bertz CT molecular complexity index is 494. The smallest absolute Gasteiger partial charge is 0.261 e. The Kier molecular flexibility index (Phi) is 6.10. The molecule has 0 saturated heterocycles. The van der Waals surface area contributed by atoms with Crippen LogP contribution in [-0.2, 0) is 0 Å². The first-order valence-corrected chi connectivity index (χ1v) is 7.23. The van der Waals surface area contributed by atoms with Crippen LogP contribution in [0.2, 0.25) is 0 Å². The molecule has 1 aromatic carbocycles. The molecule has 116 valence electrons. The molecule has 0 atom stereocenters. The molecule has 1 aromatic rings. The van der Waals surface area contributed by atoms with Crippen molar-refractivity contribution in [1.29, 1.82) is 0 Å². The summed E-state index contributed by atoms with van der Waals surface area (Å²) in [6.07, 6.45) is 1.98. The molecule has 2 rings (SSSR count). The Morgan fingerprint density at radius 2 is 1.52 bits per heavy atom. The van der Waals surface area contributed by atoms with Crippen LogP contribution in [0.25, 0.3) is 0 Å². The van der Waals surface area contributed by atoms with Crippen LogP contribution in [0.15, 0.2) is 24.3 Å². The summed E-state index contributed by atoms with van der Waals surface area (Å²) in [6, 6.07) is 7.06. The Labute approximate surface area is 137 Å². The minimum absolute atomic E-state index is 0. The standard InChI is InChI=1S/C16H23N2O2.BrH/c1-4-11-18(2,3)12-7-10-17-15(19)13-8-5-6-9-14(13)16(17)20;/h5-6,8-9H,4,7,10-12H2,1-3H3;1H/q+1;/p-1. The Balaban J connectivity index is 0.00000220. The van der Waals surface area contributed by atoms with E-state index < -0.39 is 0 Å². The number of hydrogen-bond donors (Lipinski definition) is 0. The van der Waals surface area contributed by atoms with Crippen molar-refractivity contribution < 1.29 is 31.1 Å². The predicted molar refractivity (Wildman–Crippen MR) is 78.6 cm³/mol. The van der Waals surface area contributed by atoms with Gasteiger partial charge in [-0.2, -0.15) is 0 Å². The van der Waals surface area contributed by atoms with Crippen molar-refractivity contribution in [1.82, 2.24) is 4.90 Å². The number of fused-ring (bicyclic) bond motifs is 1. The fourth-order valence-electron chi connectivity index (χ4n) is 2.82. The number of imide groups is 1. The van der Waals surface area contributed by atoms with Crippen LogP contribution in [0.1, 0.15) is 40.5 Å². The molecule has 0 radical (unpaired) electrons. The van der Waals surface area contributed by atoms with Crippen LogP contribution in [-0.4, -0.2) is 54.9 Å². The fourth-order valence-corrected chi connectivity index (χ4v) is 2.82. The first-order chi connectivity index (χ1) is 9.46. The number of quaternary nitrogens is 1. The summed E-state index contributed by atoms with van der Waals surface area (Å²) in [5.74, 6) is -0.294. The van der Waals surface area contributed by atoms with Gasteiger partial charge in [-0.15, -0.1) is 0 Å². The molecule has 0 spiro atoms. The summed E-state index contributed by atoms with van der Waals surface area (Å²) in [7, 11) is 4.37. The third-order valence-electron chi connectivity index (χ3n) is 3.85. The van der Waals surface area contributed by atoms with E-state index in [1.54, 1.807) is 24.3 Å². The Morgan fingerprint density at radius 1 is 1.00 bits per heavy atom. The highest BCUT2D eigenvalue weighted by atomic mass is 79.9. The zero-order chi connectivity index (χ0) is 14.8. The molecule has 0 N–H and O–H groups in total. The lowest BCUT2D eigenvalue weighted by atomic mass is 10.1. The van der Waals surface area contributed by atoms with E-state index in [4.69, 9.17) is 0 Å².